The average Bonchev–Trinajstić information content (AvgIpc) is 2.87. The molecule has 3 rings (SSSR count). The van der Waals surface area contributed by atoms with E-state index in [0.717, 1.165) is 0 Å². The van der Waals surface area contributed by atoms with Crippen molar-refractivity contribution >= 4 is 27.3 Å². The maximum atomic E-state index is 12.3. The largest absolute Gasteiger partial charge is 0.352 e. The molecule has 0 bridgehead atoms. The average molecular weight is 314 g/mol. The third kappa shape index (κ3) is 2.27. The minimum atomic E-state index is -3.33. The third-order valence-corrected chi connectivity index (χ3v) is 7.29. The van der Waals surface area contributed by atoms with E-state index in [4.69, 9.17) is 0 Å². The van der Waals surface area contributed by atoms with Gasteiger partial charge in [0.05, 0.1) is 0 Å². The molecular weight excluding hydrogens is 296 g/mol. The summed E-state index contributed by atoms with van der Waals surface area (Å²) in [4.78, 5) is 11.6. The molecule has 2 heterocycles. The maximum absolute atomic E-state index is 12.3. The molecule has 0 aromatic carbocycles. The van der Waals surface area contributed by atoms with Crippen molar-refractivity contribution in [2.75, 3.05) is 13.1 Å². The van der Waals surface area contributed by atoms with Gasteiger partial charge in [0, 0.05) is 25.0 Å². The molecule has 1 aliphatic carbocycles. The van der Waals surface area contributed by atoms with Crippen LogP contribution in [0.25, 0.3) is 0 Å². The number of rotatable bonds is 4. The zero-order chi connectivity index (χ0) is 14.5. The van der Waals surface area contributed by atoms with E-state index in [0.29, 0.717) is 17.3 Å². The normalized spacial score (nSPS) is 29.4. The number of carbonyl (C=O) groups excluding carboxylic acids is 1. The minimum Gasteiger partial charge on any atom is -0.352 e. The quantitative estimate of drug-likeness (QED) is 0.906. The first kappa shape index (κ1) is 14.0. The molecule has 1 aliphatic heterocycles. The van der Waals surface area contributed by atoms with Gasteiger partial charge in [-0.3, -0.25) is 4.79 Å². The van der Waals surface area contributed by atoms with Gasteiger partial charge in [0.2, 0.25) is 5.91 Å². The lowest BCUT2D eigenvalue weighted by atomic mass is 10.2. The van der Waals surface area contributed by atoms with E-state index in [9.17, 15) is 13.2 Å². The van der Waals surface area contributed by atoms with E-state index >= 15 is 0 Å². The molecule has 7 heteroatoms. The lowest BCUT2D eigenvalue weighted by Gasteiger charge is -2.19. The molecule has 110 valence electrons. The van der Waals surface area contributed by atoms with Gasteiger partial charge in [0.1, 0.15) is 4.21 Å². The molecule has 20 heavy (non-hydrogen) atoms. The van der Waals surface area contributed by atoms with Gasteiger partial charge in [0.25, 0.3) is 10.0 Å². The monoisotopic (exact) mass is 314 g/mol. The van der Waals surface area contributed by atoms with E-state index in [1.165, 1.54) is 11.3 Å². The first-order chi connectivity index (χ1) is 9.41. The van der Waals surface area contributed by atoms with E-state index in [-0.39, 0.29) is 29.7 Å². The van der Waals surface area contributed by atoms with Gasteiger partial charge in [-0.05, 0) is 23.3 Å². The first-order valence-corrected chi connectivity index (χ1v) is 9.07. The Morgan fingerprint density at radius 3 is 2.55 bits per heavy atom. The molecule has 0 radical (unpaired) electrons. The second-order valence-electron chi connectivity index (χ2n) is 5.77. The van der Waals surface area contributed by atoms with Crippen molar-refractivity contribution in [3.63, 3.8) is 0 Å². The summed E-state index contributed by atoms with van der Waals surface area (Å²) in [5, 5.41) is 4.78. The summed E-state index contributed by atoms with van der Waals surface area (Å²) in [6.07, 6.45) is 0. The van der Waals surface area contributed by atoms with E-state index < -0.39 is 10.0 Å². The van der Waals surface area contributed by atoms with E-state index in [1.807, 2.05) is 13.8 Å². The summed E-state index contributed by atoms with van der Waals surface area (Å²) in [6, 6.07) is 3.56. The number of thiophene rings is 1. The molecular formula is C13H18N2O3S2. The van der Waals surface area contributed by atoms with Gasteiger partial charge in [0.15, 0.2) is 0 Å². The van der Waals surface area contributed by atoms with Gasteiger partial charge in [-0.25, -0.2) is 8.42 Å². The number of hydrogen-bond acceptors (Lipinski definition) is 4. The second kappa shape index (κ2) is 4.82. The number of nitrogens with zero attached hydrogens (tertiary/aromatic N) is 1. The topological polar surface area (TPSA) is 66.5 Å². The Morgan fingerprint density at radius 2 is 2.05 bits per heavy atom. The van der Waals surface area contributed by atoms with Crippen LogP contribution in [0.4, 0.5) is 0 Å². The Labute approximate surface area is 123 Å². The summed E-state index contributed by atoms with van der Waals surface area (Å²) in [6.45, 7) is 4.77. The summed E-state index contributed by atoms with van der Waals surface area (Å²) >= 11 is 1.25. The van der Waals surface area contributed by atoms with Crippen molar-refractivity contribution in [3.05, 3.63) is 17.5 Å². The Morgan fingerprint density at radius 1 is 1.40 bits per heavy atom. The summed E-state index contributed by atoms with van der Waals surface area (Å²) in [5.74, 6) is 0.596. The maximum Gasteiger partial charge on any atom is 0.252 e. The molecule has 1 saturated carbocycles. The SMILES string of the molecule is CC(C)C(=O)NC1[C@H]2CN(S(=O)(=O)c3cccs3)C[C@@H]12. The van der Waals surface area contributed by atoms with Crippen LogP contribution in [0.2, 0.25) is 0 Å². The van der Waals surface area contributed by atoms with Gasteiger partial charge >= 0.3 is 0 Å². The van der Waals surface area contributed by atoms with Crippen molar-refractivity contribution < 1.29 is 13.2 Å². The van der Waals surface area contributed by atoms with Crippen LogP contribution in [0.1, 0.15) is 13.8 Å². The summed E-state index contributed by atoms with van der Waals surface area (Å²) in [5.41, 5.74) is 0. The molecule has 3 atom stereocenters. The fourth-order valence-corrected chi connectivity index (χ4v) is 5.43. The number of sulfonamides is 1. The standard InChI is InChI=1S/C13H18N2O3S2/c1-8(2)13(16)14-12-9-6-15(7-10(9)12)20(17,18)11-4-3-5-19-11/h3-5,8-10,12H,6-7H2,1-2H3,(H,14,16)/t9-,10+,12?. The number of hydrogen-bond donors (Lipinski definition) is 1. The fourth-order valence-electron chi connectivity index (χ4n) is 2.77. The Bertz CT molecular complexity index is 598. The zero-order valence-corrected chi connectivity index (χ0v) is 13.1. The van der Waals surface area contributed by atoms with Gasteiger partial charge in [-0.15, -0.1) is 11.3 Å². The van der Waals surface area contributed by atoms with Crippen LogP contribution in [-0.4, -0.2) is 37.8 Å². The highest BCUT2D eigenvalue weighted by Gasteiger charge is 2.58. The van der Waals surface area contributed by atoms with Crippen LogP contribution in [0.15, 0.2) is 21.7 Å². The van der Waals surface area contributed by atoms with Crippen LogP contribution in [0.5, 0.6) is 0 Å². The minimum absolute atomic E-state index is 0.0257. The number of fused-ring (bicyclic) bond motifs is 1. The highest BCUT2D eigenvalue weighted by atomic mass is 32.2. The van der Waals surface area contributed by atoms with Crippen molar-refractivity contribution in [2.24, 2.45) is 17.8 Å². The van der Waals surface area contributed by atoms with E-state index in [1.54, 1.807) is 21.8 Å². The van der Waals surface area contributed by atoms with Crippen LogP contribution in [-0.2, 0) is 14.8 Å². The summed E-state index contributed by atoms with van der Waals surface area (Å²) in [7, 11) is -3.33. The molecule has 0 spiro atoms. The Balaban J connectivity index is 1.61. The van der Waals surface area contributed by atoms with Gasteiger partial charge in [-0.1, -0.05) is 19.9 Å². The highest BCUT2D eigenvalue weighted by molar-refractivity contribution is 7.91. The predicted molar refractivity (Wildman–Crippen MR) is 76.8 cm³/mol. The fraction of sp³-hybridized carbons (Fsp3) is 0.615. The lowest BCUT2D eigenvalue weighted by Crippen LogP contribution is -2.38. The smallest absolute Gasteiger partial charge is 0.252 e. The molecule has 1 aromatic heterocycles. The molecule has 5 nitrogen and oxygen atoms in total. The van der Waals surface area contributed by atoms with Crippen LogP contribution >= 0.6 is 11.3 Å². The van der Waals surface area contributed by atoms with Crippen molar-refractivity contribution in [3.8, 4) is 0 Å². The molecule has 1 N–H and O–H groups in total. The predicted octanol–water partition coefficient (Wildman–Crippen LogP) is 1.14. The number of carbonyl (C=O) groups is 1. The number of amides is 1. The number of nitrogens with one attached hydrogen (secondary N) is 1. The molecule has 1 amide bonds. The molecule has 1 aromatic rings. The molecule has 2 aliphatic rings. The Kier molecular flexibility index (Phi) is 3.38. The van der Waals surface area contributed by atoms with Crippen molar-refractivity contribution in [2.45, 2.75) is 24.1 Å². The first-order valence-electron chi connectivity index (χ1n) is 6.75. The van der Waals surface area contributed by atoms with Crippen molar-refractivity contribution in [1.29, 1.82) is 0 Å². The van der Waals surface area contributed by atoms with Crippen LogP contribution in [0.3, 0.4) is 0 Å². The molecule has 1 unspecified atom stereocenters. The molecule has 2 fully saturated rings. The van der Waals surface area contributed by atoms with Crippen LogP contribution in [0, 0.1) is 17.8 Å². The van der Waals surface area contributed by atoms with Gasteiger partial charge < -0.3 is 5.32 Å². The zero-order valence-electron chi connectivity index (χ0n) is 11.4. The Hall–Kier alpha value is -0.920. The van der Waals surface area contributed by atoms with Crippen molar-refractivity contribution in [1.82, 2.24) is 9.62 Å². The highest BCUT2D eigenvalue weighted by Crippen LogP contribution is 2.47. The summed E-state index contributed by atoms with van der Waals surface area (Å²) < 4.78 is 26.6. The molecule has 1 saturated heterocycles. The van der Waals surface area contributed by atoms with Gasteiger partial charge in [-0.2, -0.15) is 4.31 Å². The van der Waals surface area contributed by atoms with E-state index in [2.05, 4.69) is 5.32 Å². The second-order valence-corrected chi connectivity index (χ2v) is 8.88. The lowest BCUT2D eigenvalue weighted by molar-refractivity contribution is -0.124. The number of piperidine rings is 1. The van der Waals surface area contributed by atoms with Crippen LogP contribution < -0.4 is 5.32 Å². The third-order valence-electron chi connectivity index (χ3n) is 4.08.